The van der Waals surface area contributed by atoms with Crippen LogP contribution in [0.15, 0.2) is 18.2 Å². The quantitative estimate of drug-likeness (QED) is 0.590. The van der Waals surface area contributed by atoms with Gasteiger partial charge in [0.2, 0.25) is 0 Å². The molecule has 0 radical (unpaired) electrons. The van der Waals surface area contributed by atoms with Crippen molar-refractivity contribution in [3.05, 3.63) is 49.9 Å². The highest BCUT2D eigenvalue weighted by Gasteiger charge is 2.36. The number of benzene rings is 1. The first kappa shape index (κ1) is 18.7. The molecule has 1 aromatic carbocycles. The Bertz CT molecular complexity index is 977. The number of carbonyl (C=O) groups is 1. The SMILES string of the molecule is CC(C)(C)[C@@H]1CCc2c(sc3c2C(=O)N[C@H](c2ccc([O-])c([N+](=O)[O-])c2)N3)C1. The summed E-state index contributed by atoms with van der Waals surface area (Å²) < 4.78 is 0. The van der Waals surface area contributed by atoms with Crippen molar-refractivity contribution in [3.8, 4) is 5.75 Å². The van der Waals surface area contributed by atoms with Gasteiger partial charge in [0.25, 0.3) is 11.6 Å². The summed E-state index contributed by atoms with van der Waals surface area (Å²) in [4.78, 5) is 24.4. The topological polar surface area (TPSA) is 107 Å². The molecule has 0 unspecified atom stereocenters. The summed E-state index contributed by atoms with van der Waals surface area (Å²) in [5.74, 6) is -0.234. The number of carbonyl (C=O) groups excluding carboxylic acids is 1. The van der Waals surface area contributed by atoms with E-state index in [2.05, 4.69) is 31.4 Å². The number of amides is 1. The largest absolute Gasteiger partial charge is 0.868 e. The van der Waals surface area contributed by atoms with E-state index in [-0.39, 0.29) is 11.3 Å². The summed E-state index contributed by atoms with van der Waals surface area (Å²) >= 11 is 1.61. The highest BCUT2D eigenvalue weighted by atomic mass is 32.1. The molecular weight excluding hydrogens is 378 g/mol. The number of nitro benzene ring substituents is 1. The molecule has 148 valence electrons. The molecule has 0 fully saturated rings. The maximum Gasteiger partial charge on any atom is 0.262 e. The fourth-order valence-corrected chi connectivity index (χ4v) is 5.41. The normalized spacial score (nSPS) is 21.3. The van der Waals surface area contributed by atoms with Gasteiger partial charge in [-0.3, -0.25) is 14.9 Å². The van der Waals surface area contributed by atoms with Gasteiger partial charge in [-0.25, -0.2) is 0 Å². The predicted molar refractivity (Wildman–Crippen MR) is 106 cm³/mol. The minimum atomic E-state index is -0.696. The molecule has 1 aliphatic heterocycles. The van der Waals surface area contributed by atoms with E-state index < -0.39 is 22.5 Å². The zero-order valence-electron chi connectivity index (χ0n) is 16.0. The van der Waals surface area contributed by atoms with Crippen LogP contribution in [0.2, 0.25) is 0 Å². The molecule has 28 heavy (non-hydrogen) atoms. The van der Waals surface area contributed by atoms with Crippen molar-refractivity contribution in [2.24, 2.45) is 11.3 Å². The van der Waals surface area contributed by atoms with Crippen LogP contribution in [0.4, 0.5) is 10.7 Å². The molecular formula is C20H22N3O4S-. The smallest absolute Gasteiger partial charge is 0.262 e. The van der Waals surface area contributed by atoms with Crippen molar-refractivity contribution in [2.45, 2.75) is 46.2 Å². The highest BCUT2D eigenvalue weighted by molar-refractivity contribution is 7.16. The molecule has 0 saturated carbocycles. The Hall–Kier alpha value is -2.61. The van der Waals surface area contributed by atoms with E-state index in [9.17, 15) is 20.0 Å². The zero-order chi connectivity index (χ0) is 20.2. The van der Waals surface area contributed by atoms with E-state index in [1.54, 1.807) is 11.3 Å². The van der Waals surface area contributed by atoms with Crippen molar-refractivity contribution in [1.29, 1.82) is 0 Å². The maximum atomic E-state index is 12.8. The number of anilines is 1. The Morgan fingerprint density at radius 1 is 1.25 bits per heavy atom. The number of hydrogen-bond acceptors (Lipinski definition) is 6. The number of fused-ring (bicyclic) bond motifs is 3. The van der Waals surface area contributed by atoms with Gasteiger partial charge in [0, 0.05) is 16.5 Å². The molecule has 2 aromatic rings. The second-order valence-corrected chi connectivity index (χ2v) is 9.65. The third kappa shape index (κ3) is 3.11. The summed E-state index contributed by atoms with van der Waals surface area (Å²) in [7, 11) is 0. The summed E-state index contributed by atoms with van der Waals surface area (Å²) in [6.07, 6.45) is 2.32. The molecule has 2 atom stereocenters. The molecule has 7 nitrogen and oxygen atoms in total. The molecule has 2 aliphatic rings. The number of thiophene rings is 1. The number of nitro groups is 1. The van der Waals surface area contributed by atoms with Gasteiger partial charge >= 0.3 is 0 Å². The first-order valence-electron chi connectivity index (χ1n) is 9.32. The van der Waals surface area contributed by atoms with Crippen LogP contribution >= 0.6 is 11.3 Å². The number of nitrogens with zero attached hydrogens (tertiary/aromatic N) is 1. The van der Waals surface area contributed by atoms with Crippen LogP contribution in [-0.2, 0) is 12.8 Å². The van der Waals surface area contributed by atoms with Gasteiger partial charge in [0.15, 0.2) is 0 Å². The number of hydrogen-bond donors (Lipinski definition) is 2. The zero-order valence-corrected chi connectivity index (χ0v) is 16.8. The average Bonchev–Trinajstić information content (AvgIpc) is 2.99. The van der Waals surface area contributed by atoms with Crippen LogP contribution in [0.1, 0.15) is 59.7 Å². The second kappa shape index (κ2) is 6.48. The Morgan fingerprint density at radius 2 is 2.00 bits per heavy atom. The molecule has 8 heteroatoms. The Morgan fingerprint density at radius 3 is 2.68 bits per heavy atom. The van der Waals surface area contributed by atoms with Gasteiger partial charge in [-0.05, 0) is 41.9 Å². The monoisotopic (exact) mass is 400 g/mol. The van der Waals surface area contributed by atoms with Gasteiger partial charge < -0.3 is 15.7 Å². The van der Waals surface area contributed by atoms with E-state index in [1.165, 1.54) is 23.1 Å². The van der Waals surface area contributed by atoms with Crippen molar-refractivity contribution >= 4 is 27.9 Å². The Labute approximate surface area is 166 Å². The number of rotatable bonds is 2. The van der Waals surface area contributed by atoms with Crippen molar-refractivity contribution in [2.75, 3.05) is 5.32 Å². The van der Waals surface area contributed by atoms with Crippen molar-refractivity contribution in [3.63, 3.8) is 0 Å². The lowest BCUT2D eigenvalue weighted by molar-refractivity contribution is -0.398. The summed E-state index contributed by atoms with van der Waals surface area (Å²) in [5.41, 5.74) is 2.06. The first-order valence-corrected chi connectivity index (χ1v) is 10.1. The second-order valence-electron chi connectivity index (χ2n) is 8.55. The van der Waals surface area contributed by atoms with E-state index in [0.717, 1.165) is 29.8 Å². The fraction of sp³-hybridized carbons (Fsp3) is 0.450. The fourth-order valence-electron chi connectivity index (χ4n) is 4.06. The van der Waals surface area contributed by atoms with Gasteiger partial charge in [-0.1, -0.05) is 32.9 Å². The minimum absolute atomic E-state index is 0.167. The summed E-state index contributed by atoms with van der Waals surface area (Å²) in [6.45, 7) is 6.76. The van der Waals surface area contributed by atoms with E-state index in [4.69, 9.17) is 0 Å². The van der Waals surface area contributed by atoms with Gasteiger partial charge in [-0.2, -0.15) is 0 Å². The number of nitrogens with one attached hydrogen (secondary N) is 2. The predicted octanol–water partition coefficient (Wildman–Crippen LogP) is 3.74. The van der Waals surface area contributed by atoms with Crippen LogP contribution in [0, 0.1) is 21.4 Å². The molecule has 0 saturated heterocycles. The average molecular weight is 400 g/mol. The van der Waals surface area contributed by atoms with Gasteiger partial charge in [0.05, 0.1) is 10.5 Å². The molecule has 0 bridgehead atoms. The van der Waals surface area contributed by atoms with Crippen LogP contribution in [0.5, 0.6) is 5.75 Å². The van der Waals surface area contributed by atoms with E-state index >= 15 is 0 Å². The third-order valence-corrected chi connectivity index (χ3v) is 6.97. The molecule has 2 N–H and O–H groups in total. The first-order chi connectivity index (χ1) is 13.1. The lowest BCUT2D eigenvalue weighted by Gasteiger charge is -2.34. The summed E-state index contributed by atoms with van der Waals surface area (Å²) in [5, 5.41) is 29.7. The van der Waals surface area contributed by atoms with Crippen molar-refractivity contribution in [1.82, 2.24) is 5.32 Å². The summed E-state index contributed by atoms with van der Waals surface area (Å²) in [6, 6.07) is 3.92. The van der Waals surface area contributed by atoms with Crippen LogP contribution in [0.25, 0.3) is 0 Å². The highest BCUT2D eigenvalue weighted by Crippen LogP contribution is 2.46. The van der Waals surface area contributed by atoms with Gasteiger partial charge in [0.1, 0.15) is 11.2 Å². The van der Waals surface area contributed by atoms with E-state index in [0.29, 0.717) is 17.0 Å². The van der Waals surface area contributed by atoms with Crippen LogP contribution < -0.4 is 15.7 Å². The van der Waals surface area contributed by atoms with Crippen molar-refractivity contribution < 1.29 is 14.8 Å². The standard InChI is InChI=1S/C20H23N3O4S/c1-20(2,3)11-5-6-12-15(9-11)28-19-16(12)18(25)21-17(22-19)10-4-7-14(24)13(8-10)23(26)27/h4,7-8,11,17,22,24H,5-6,9H2,1-3H3,(H,21,25)/p-1/t11-,17+/m1/s1. The maximum absolute atomic E-state index is 12.8. The molecule has 1 amide bonds. The minimum Gasteiger partial charge on any atom is -0.868 e. The molecule has 1 aliphatic carbocycles. The van der Waals surface area contributed by atoms with Crippen LogP contribution in [0.3, 0.4) is 0 Å². The third-order valence-electron chi connectivity index (χ3n) is 5.78. The Kier molecular flexibility index (Phi) is 4.33. The van der Waals surface area contributed by atoms with Crippen LogP contribution in [-0.4, -0.2) is 10.8 Å². The van der Waals surface area contributed by atoms with Gasteiger partial charge in [-0.15, -0.1) is 11.3 Å². The Balaban J connectivity index is 1.65. The molecule has 1 aromatic heterocycles. The molecule has 4 rings (SSSR count). The molecule has 0 spiro atoms. The lowest BCUT2D eigenvalue weighted by Crippen LogP contribution is -2.38. The molecule has 2 heterocycles. The van der Waals surface area contributed by atoms with E-state index in [1.807, 2.05) is 0 Å². The lowest BCUT2D eigenvalue weighted by atomic mass is 9.72.